The number of aromatic nitrogens is 4. The predicted octanol–water partition coefficient (Wildman–Crippen LogP) is -3.81. The summed E-state index contributed by atoms with van der Waals surface area (Å²) >= 11 is 0. The molecule has 0 aliphatic carbocycles. The number of phosphoric acid groups is 2. The highest BCUT2D eigenvalue weighted by Gasteiger charge is 2.56. The average Bonchev–Trinajstić information content (AvgIpc) is 3.58. The van der Waals surface area contributed by atoms with Crippen LogP contribution in [0.3, 0.4) is 0 Å². The summed E-state index contributed by atoms with van der Waals surface area (Å²) in [5.41, 5.74) is 6.87. The molecule has 3 saturated heterocycles. The number of ether oxygens (including phenoxy) is 4. The summed E-state index contributed by atoms with van der Waals surface area (Å²) < 4.78 is 53.6. The van der Waals surface area contributed by atoms with Gasteiger partial charge in [-0.25, -0.2) is 24.1 Å². The van der Waals surface area contributed by atoms with Crippen molar-refractivity contribution in [2.75, 3.05) is 18.9 Å². The highest BCUT2D eigenvalue weighted by molar-refractivity contribution is 7.60. The second-order valence-electron chi connectivity index (χ2n) is 10.2. The summed E-state index contributed by atoms with van der Waals surface area (Å²) in [6.07, 6.45) is -10.4. The van der Waals surface area contributed by atoms with E-state index in [1.807, 2.05) is 13.8 Å². The minimum atomic E-state index is -5.42. The van der Waals surface area contributed by atoms with Crippen LogP contribution >= 0.6 is 15.6 Å². The molecule has 250 valence electrons. The molecular formula is C20H33N5O17P2. The molecule has 0 spiro atoms. The van der Waals surface area contributed by atoms with E-state index in [1.165, 1.54) is 6.33 Å². The third-order valence-corrected chi connectivity index (χ3v) is 8.74. The fourth-order valence-corrected chi connectivity index (χ4v) is 6.42. The Morgan fingerprint density at radius 1 is 1.02 bits per heavy atom. The maximum Gasteiger partial charge on any atom is 0.483 e. The lowest BCUT2D eigenvalue weighted by Crippen LogP contribution is -2.61. The Bertz CT molecular complexity index is 1390. The first-order chi connectivity index (χ1) is 20.4. The summed E-state index contributed by atoms with van der Waals surface area (Å²) in [5.74, 6) is -0.421. The Kier molecular flexibility index (Phi) is 10.5. The molecule has 3 aliphatic heterocycles. The van der Waals surface area contributed by atoms with Crippen molar-refractivity contribution in [3.05, 3.63) is 12.7 Å². The van der Waals surface area contributed by atoms with E-state index < -0.39 is 77.2 Å². The van der Waals surface area contributed by atoms with Gasteiger partial charge in [-0.05, 0) is 13.8 Å². The maximum absolute atomic E-state index is 11.3. The first-order valence-electron chi connectivity index (χ1n) is 12.7. The van der Waals surface area contributed by atoms with Gasteiger partial charge in [-0.2, -0.15) is 4.31 Å². The van der Waals surface area contributed by atoms with E-state index in [2.05, 4.69) is 23.8 Å². The van der Waals surface area contributed by atoms with Gasteiger partial charge < -0.3 is 70.0 Å². The van der Waals surface area contributed by atoms with Gasteiger partial charge in [-0.15, -0.1) is 0 Å². The topological polar surface area (TPSA) is 341 Å². The van der Waals surface area contributed by atoms with Crippen molar-refractivity contribution in [3.63, 3.8) is 0 Å². The van der Waals surface area contributed by atoms with Crippen LogP contribution in [-0.2, 0) is 36.9 Å². The lowest BCUT2D eigenvalue weighted by Gasteiger charge is -2.41. The Hall–Kier alpha value is -1.79. The van der Waals surface area contributed by atoms with Gasteiger partial charge in [0.05, 0.1) is 19.5 Å². The average molecular weight is 677 g/mol. The molecule has 2 aromatic rings. The van der Waals surface area contributed by atoms with Crippen molar-refractivity contribution in [1.29, 1.82) is 0 Å². The highest BCUT2D eigenvalue weighted by atomic mass is 31.3. The molecule has 44 heavy (non-hydrogen) atoms. The molecule has 3 fully saturated rings. The molecule has 0 bridgehead atoms. The fourth-order valence-electron chi connectivity index (χ4n) is 4.75. The molecule has 24 heteroatoms. The van der Waals surface area contributed by atoms with E-state index in [0.29, 0.717) is 17.0 Å². The first-order valence-corrected chi connectivity index (χ1v) is 15.7. The quantitative estimate of drug-likeness (QED) is 0.120. The van der Waals surface area contributed by atoms with Gasteiger partial charge in [-0.1, -0.05) is 0 Å². The zero-order valence-electron chi connectivity index (χ0n) is 22.9. The van der Waals surface area contributed by atoms with Crippen molar-refractivity contribution in [1.82, 2.24) is 19.5 Å². The van der Waals surface area contributed by atoms with Crippen LogP contribution in [0.15, 0.2) is 12.7 Å². The van der Waals surface area contributed by atoms with Gasteiger partial charge in [0.15, 0.2) is 29.8 Å². The van der Waals surface area contributed by atoms with Crippen LogP contribution in [0.4, 0.5) is 5.82 Å². The summed E-state index contributed by atoms with van der Waals surface area (Å²) in [5, 5.41) is 56.3. The predicted molar refractivity (Wildman–Crippen MR) is 138 cm³/mol. The molecule has 11 N–H and O–H groups in total. The van der Waals surface area contributed by atoms with Crippen LogP contribution in [0, 0.1) is 0 Å². The third-order valence-electron chi connectivity index (χ3n) is 6.59. The number of aliphatic hydroxyl groups is 6. The van der Waals surface area contributed by atoms with Gasteiger partial charge in [-0.3, -0.25) is 9.09 Å². The van der Waals surface area contributed by atoms with Gasteiger partial charge in [0.1, 0.15) is 60.7 Å². The molecule has 0 amide bonds. The number of nitrogen functional groups attached to an aromatic ring is 1. The van der Waals surface area contributed by atoms with Crippen molar-refractivity contribution in [2.45, 2.75) is 81.0 Å². The van der Waals surface area contributed by atoms with Crippen molar-refractivity contribution in [3.8, 4) is 0 Å². The van der Waals surface area contributed by atoms with Crippen molar-refractivity contribution in [2.24, 2.45) is 0 Å². The number of hydrogen-bond acceptors (Lipinski definition) is 18. The number of nitrogens with zero attached hydrogens (tertiary/aromatic N) is 4. The lowest BCUT2D eigenvalue weighted by molar-refractivity contribution is -0.292. The highest BCUT2D eigenvalue weighted by Crippen LogP contribution is 2.58. The van der Waals surface area contributed by atoms with Crippen LogP contribution < -0.4 is 5.73 Å². The molecule has 5 heterocycles. The number of rotatable bonds is 8. The SMILES string of the molecule is CC1(C)O[C@@H]2[C@H](O1)[C@@H](CO)O[C@H]2n1cnc2c(N)ncnc21.O=P(O)(O)OP(=O)(O)O[C@@H]1O[C@H]([C@H](O)CO)[C@@H](O)[C@H](O)[C@@H]1O. The van der Waals surface area contributed by atoms with E-state index in [0.717, 1.165) is 0 Å². The first kappa shape index (κ1) is 35.1. The molecule has 3 aliphatic rings. The zero-order valence-corrected chi connectivity index (χ0v) is 24.7. The van der Waals surface area contributed by atoms with E-state index in [-0.39, 0.29) is 18.8 Å². The number of hydrogen-bond donors (Lipinski definition) is 10. The van der Waals surface area contributed by atoms with Crippen LogP contribution in [0.1, 0.15) is 20.1 Å². The van der Waals surface area contributed by atoms with E-state index in [9.17, 15) is 34.7 Å². The molecular weight excluding hydrogens is 644 g/mol. The second kappa shape index (κ2) is 13.1. The Morgan fingerprint density at radius 3 is 2.30 bits per heavy atom. The number of nitrogens with two attached hydrogens (primary N) is 1. The Balaban J connectivity index is 0.000000201. The Labute approximate surface area is 247 Å². The third kappa shape index (κ3) is 7.60. The maximum atomic E-state index is 11.3. The summed E-state index contributed by atoms with van der Waals surface area (Å²) in [6.45, 7) is 2.60. The number of fused-ring (bicyclic) bond motifs is 2. The van der Waals surface area contributed by atoms with Crippen molar-refractivity contribution < 1.29 is 82.2 Å². The van der Waals surface area contributed by atoms with Crippen LogP contribution in [0.5, 0.6) is 0 Å². The van der Waals surface area contributed by atoms with Crippen LogP contribution in [0.25, 0.3) is 11.2 Å². The zero-order chi connectivity index (χ0) is 32.8. The molecule has 0 saturated carbocycles. The van der Waals surface area contributed by atoms with Gasteiger partial charge in [0.2, 0.25) is 0 Å². The van der Waals surface area contributed by atoms with E-state index in [4.69, 9.17) is 44.5 Å². The summed E-state index contributed by atoms with van der Waals surface area (Å²) in [6, 6.07) is 0. The van der Waals surface area contributed by atoms with Gasteiger partial charge in [0, 0.05) is 0 Å². The standard InChI is InChI=1S/C13H17N5O4.C7H16O13P2/c1-13(2)21-8-6(3-19)20-12(9(8)22-13)18-5-17-7-10(14)15-4-16-11(7)18;8-1-2(9)6-4(11)3(10)5(12)7(18-6)19-22(16,17)20-21(13,14)15/h4-6,8-9,12,19H,3H2,1-2H3,(H2,14,15,16);2-12H,1H2,(H,16,17)(H2,13,14,15)/t6-,8-,9-,12-;2-,3+,4+,5+,6-,7+/m11/s1. The van der Waals surface area contributed by atoms with Crippen LogP contribution in [-0.4, -0.2) is 139 Å². The van der Waals surface area contributed by atoms with E-state index in [1.54, 1.807) is 10.9 Å². The molecule has 0 aromatic carbocycles. The molecule has 1 unspecified atom stereocenters. The monoisotopic (exact) mass is 677 g/mol. The fraction of sp³-hybridized carbons (Fsp3) is 0.750. The normalized spacial score (nSPS) is 35.5. The molecule has 0 radical (unpaired) electrons. The number of phosphoric ester groups is 1. The molecule has 22 nitrogen and oxygen atoms in total. The minimum Gasteiger partial charge on any atom is -0.394 e. The lowest BCUT2D eigenvalue weighted by atomic mass is 9.96. The smallest absolute Gasteiger partial charge is 0.394 e. The Morgan fingerprint density at radius 2 is 1.68 bits per heavy atom. The number of imidazole rings is 1. The largest absolute Gasteiger partial charge is 0.483 e. The van der Waals surface area contributed by atoms with Crippen LogP contribution in [0.2, 0.25) is 0 Å². The number of aliphatic hydroxyl groups excluding tert-OH is 6. The molecule has 11 atom stereocenters. The number of anilines is 1. The van der Waals surface area contributed by atoms with Gasteiger partial charge >= 0.3 is 15.6 Å². The minimum absolute atomic E-state index is 0.152. The summed E-state index contributed by atoms with van der Waals surface area (Å²) in [4.78, 5) is 38.4. The molecule has 5 rings (SSSR count). The van der Waals surface area contributed by atoms with Crippen molar-refractivity contribution >= 4 is 32.6 Å². The van der Waals surface area contributed by atoms with Gasteiger partial charge in [0.25, 0.3) is 0 Å². The van der Waals surface area contributed by atoms with E-state index >= 15 is 0 Å². The molecule has 2 aromatic heterocycles. The summed E-state index contributed by atoms with van der Waals surface area (Å²) in [7, 11) is -10.8. The second-order valence-corrected chi connectivity index (χ2v) is 13.0.